The molecule has 0 radical (unpaired) electrons. The van der Waals surface area contributed by atoms with Gasteiger partial charge in [-0.2, -0.15) is 0 Å². The summed E-state index contributed by atoms with van der Waals surface area (Å²) in [4.78, 5) is 14.8. The van der Waals surface area contributed by atoms with E-state index in [4.69, 9.17) is 0 Å². The minimum Gasteiger partial charge on any atom is -0.342 e. The molecule has 1 amide bonds. The molecule has 0 bridgehead atoms. The largest absolute Gasteiger partial charge is 0.342 e. The summed E-state index contributed by atoms with van der Waals surface area (Å²) in [6.07, 6.45) is 5.20. The predicted molar refractivity (Wildman–Crippen MR) is 108 cm³/mol. The molecular weight excluding hydrogens is 360 g/mol. The Labute approximate surface area is 163 Å². The van der Waals surface area contributed by atoms with Gasteiger partial charge < -0.3 is 4.90 Å². The van der Waals surface area contributed by atoms with E-state index in [-0.39, 0.29) is 17.6 Å². The molecule has 1 aromatic rings. The molecule has 0 N–H and O–H groups in total. The summed E-state index contributed by atoms with van der Waals surface area (Å²) in [5, 5.41) is 0. The minimum absolute atomic E-state index is 0.156. The monoisotopic (exact) mass is 392 g/mol. The topological polar surface area (TPSA) is 57.7 Å². The first-order chi connectivity index (χ1) is 13.0. The van der Waals surface area contributed by atoms with Crippen molar-refractivity contribution in [3.63, 3.8) is 0 Å². The quantitative estimate of drug-likeness (QED) is 0.748. The van der Waals surface area contributed by atoms with Gasteiger partial charge in [-0.3, -0.25) is 4.79 Å². The van der Waals surface area contributed by atoms with Crippen LogP contribution >= 0.6 is 0 Å². The molecule has 2 aliphatic rings. The molecule has 0 aliphatic carbocycles. The number of nitrogens with zero attached hydrogens (tertiary/aromatic N) is 2. The molecule has 2 fully saturated rings. The van der Waals surface area contributed by atoms with Crippen LogP contribution in [0.25, 0.3) is 0 Å². The Balaban J connectivity index is 1.53. The van der Waals surface area contributed by atoms with Crippen LogP contribution in [0.3, 0.4) is 0 Å². The molecule has 3 rings (SSSR count). The maximum Gasteiger partial charge on any atom is 0.227 e. The molecule has 0 aromatic heterocycles. The average Bonchev–Trinajstić information content (AvgIpc) is 2.68. The van der Waals surface area contributed by atoms with Crippen LogP contribution in [0.2, 0.25) is 0 Å². The number of aryl methyl sites for hydroxylation is 1. The summed E-state index contributed by atoms with van der Waals surface area (Å²) >= 11 is 0. The van der Waals surface area contributed by atoms with Gasteiger partial charge >= 0.3 is 0 Å². The number of hydrogen-bond acceptors (Lipinski definition) is 3. The Morgan fingerprint density at radius 1 is 1.07 bits per heavy atom. The predicted octanol–water partition coefficient (Wildman–Crippen LogP) is 2.92. The van der Waals surface area contributed by atoms with Crippen LogP contribution in [0, 0.1) is 11.8 Å². The lowest BCUT2D eigenvalue weighted by Crippen LogP contribution is -2.49. The van der Waals surface area contributed by atoms with Gasteiger partial charge in [-0.1, -0.05) is 37.3 Å². The Hall–Kier alpha value is -1.40. The highest BCUT2D eigenvalue weighted by molar-refractivity contribution is 7.89. The maximum atomic E-state index is 12.9. The number of carbonyl (C=O) groups is 1. The van der Waals surface area contributed by atoms with Crippen molar-refractivity contribution in [3.05, 3.63) is 35.9 Å². The van der Waals surface area contributed by atoms with Crippen molar-refractivity contribution < 1.29 is 13.2 Å². The fraction of sp³-hybridized carbons (Fsp3) is 0.667. The summed E-state index contributed by atoms with van der Waals surface area (Å²) in [5.74, 6) is 0.687. The molecule has 1 aromatic carbocycles. The molecule has 6 heteroatoms. The van der Waals surface area contributed by atoms with Crippen molar-refractivity contribution >= 4 is 15.9 Å². The van der Waals surface area contributed by atoms with E-state index in [9.17, 15) is 13.2 Å². The lowest BCUT2D eigenvalue weighted by molar-refractivity contribution is -0.138. The molecule has 2 atom stereocenters. The van der Waals surface area contributed by atoms with Crippen molar-refractivity contribution in [2.45, 2.75) is 45.4 Å². The normalized spacial score (nSPS) is 24.7. The van der Waals surface area contributed by atoms with Gasteiger partial charge in [0.05, 0.1) is 11.7 Å². The second-order valence-electron chi connectivity index (χ2n) is 8.13. The van der Waals surface area contributed by atoms with E-state index in [1.54, 1.807) is 4.31 Å². The fourth-order valence-electron chi connectivity index (χ4n) is 4.28. The van der Waals surface area contributed by atoms with Crippen molar-refractivity contribution in [3.8, 4) is 0 Å². The summed E-state index contributed by atoms with van der Waals surface area (Å²) in [5.41, 5.74) is 1.17. The van der Waals surface area contributed by atoms with E-state index in [2.05, 4.69) is 6.92 Å². The lowest BCUT2D eigenvalue weighted by atomic mass is 9.94. The fourth-order valence-corrected chi connectivity index (χ4v) is 5.86. The zero-order valence-electron chi connectivity index (χ0n) is 16.3. The van der Waals surface area contributed by atoms with Crippen LogP contribution in [0.5, 0.6) is 0 Å². The van der Waals surface area contributed by atoms with Crippen LogP contribution < -0.4 is 0 Å². The van der Waals surface area contributed by atoms with Crippen molar-refractivity contribution in [2.24, 2.45) is 11.8 Å². The molecule has 0 unspecified atom stereocenters. The van der Waals surface area contributed by atoms with Crippen molar-refractivity contribution in [1.82, 2.24) is 9.21 Å². The first-order valence-electron chi connectivity index (χ1n) is 10.3. The Morgan fingerprint density at radius 3 is 2.56 bits per heavy atom. The highest BCUT2D eigenvalue weighted by Crippen LogP contribution is 2.24. The van der Waals surface area contributed by atoms with Crippen LogP contribution in [-0.2, 0) is 21.2 Å². The van der Waals surface area contributed by atoms with Gasteiger partial charge in [-0.05, 0) is 50.0 Å². The molecule has 2 heterocycles. The van der Waals surface area contributed by atoms with Crippen LogP contribution in [-0.4, -0.2) is 55.5 Å². The van der Waals surface area contributed by atoms with Gasteiger partial charge in [-0.15, -0.1) is 0 Å². The molecule has 150 valence electrons. The summed E-state index contributed by atoms with van der Waals surface area (Å²) in [6, 6.07) is 9.98. The highest BCUT2D eigenvalue weighted by Gasteiger charge is 2.34. The van der Waals surface area contributed by atoms with E-state index in [0.717, 1.165) is 38.8 Å². The number of benzene rings is 1. The van der Waals surface area contributed by atoms with Crippen molar-refractivity contribution in [1.29, 1.82) is 0 Å². The Kier molecular flexibility index (Phi) is 6.93. The molecule has 0 spiro atoms. The Bertz CT molecular complexity index is 720. The van der Waals surface area contributed by atoms with Crippen LogP contribution in [0.4, 0.5) is 0 Å². The van der Waals surface area contributed by atoms with E-state index < -0.39 is 10.0 Å². The number of sulfonamides is 1. The third kappa shape index (κ3) is 5.55. The number of hydrogen-bond donors (Lipinski definition) is 0. The Morgan fingerprint density at radius 2 is 1.81 bits per heavy atom. The zero-order valence-corrected chi connectivity index (χ0v) is 17.2. The SMILES string of the molecule is C[C@H]1CCCN(C(=O)[C@H]2CCCN(S(=O)(=O)CCCc3ccccc3)C2)C1. The second-order valence-corrected chi connectivity index (χ2v) is 10.2. The molecule has 2 aliphatic heterocycles. The first-order valence-corrected chi connectivity index (χ1v) is 11.9. The second kappa shape index (κ2) is 9.20. The van der Waals surface area contributed by atoms with Gasteiger partial charge in [0.2, 0.25) is 15.9 Å². The minimum atomic E-state index is -3.30. The van der Waals surface area contributed by atoms with E-state index in [0.29, 0.717) is 25.4 Å². The van der Waals surface area contributed by atoms with E-state index in [1.165, 1.54) is 12.0 Å². The number of rotatable bonds is 6. The highest BCUT2D eigenvalue weighted by atomic mass is 32.2. The average molecular weight is 393 g/mol. The van der Waals surface area contributed by atoms with Gasteiger partial charge in [-0.25, -0.2) is 12.7 Å². The van der Waals surface area contributed by atoms with Gasteiger partial charge in [0.15, 0.2) is 0 Å². The summed E-state index contributed by atoms with van der Waals surface area (Å²) < 4.78 is 27.1. The summed E-state index contributed by atoms with van der Waals surface area (Å²) in [6.45, 7) is 4.73. The van der Waals surface area contributed by atoms with Gasteiger partial charge in [0.1, 0.15) is 0 Å². The third-order valence-electron chi connectivity index (χ3n) is 5.81. The summed E-state index contributed by atoms with van der Waals surface area (Å²) in [7, 11) is -3.30. The smallest absolute Gasteiger partial charge is 0.227 e. The molecule has 27 heavy (non-hydrogen) atoms. The lowest BCUT2D eigenvalue weighted by Gasteiger charge is -2.37. The number of amides is 1. The zero-order chi connectivity index (χ0) is 19.3. The van der Waals surface area contributed by atoms with Crippen molar-refractivity contribution in [2.75, 3.05) is 31.9 Å². The molecular formula is C21H32N2O3S. The van der Waals surface area contributed by atoms with Gasteiger partial charge in [0.25, 0.3) is 0 Å². The van der Waals surface area contributed by atoms with Crippen LogP contribution in [0.15, 0.2) is 30.3 Å². The third-order valence-corrected chi connectivity index (χ3v) is 7.73. The number of piperidine rings is 2. The van der Waals surface area contributed by atoms with E-state index >= 15 is 0 Å². The van der Waals surface area contributed by atoms with E-state index in [1.807, 2.05) is 35.2 Å². The van der Waals surface area contributed by atoms with Crippen LogP contribution in [0.1, 0.15) is 44.6 Å². The standard InChI is InChI=1S/C21H32N2O3S/c1-18-8-5-13-22(16-18)21(24)20-12-6-14-23(17-20)27(25,26)15-7-11-19-9-3-2-4-10-19/h2-4,9-10,18,20H,5-8,11-17H2,1H3/t18-,20-/m0/s1. The molecule has 2 saturated heterocycles. The molecule has 0 saturated carbocycles. The van der Waals surface area contributed by atoms with Gasteiger partial charge in [0, 0.05) is 26.2 Å². The first kappa shape index (κ1) is 20.3. The number of carbonyl (C=O) groups excluding carboxylic acids is 1. The maximum absolute atomic E-state index is 12.9. The molecule has 5 nitrogen and oxygen atoms in total. The number of likely N-dealkylation sites (tertiary alicyclic amines) is 1.